The van der Waals surface area contributed by atoms with Gasteiger partial charge in [-0.05, 0) is 49.6 Å². The summed E-state index contributed by atoms with van der Waals surface area (Å²) in [5.41, 5.74) is 2.14. The van der Waals surface area contributed by atoms with Crippen LogP contribution in [0.4, 0.5) is 0 Å². The monoisotopic (exact) mass is 364 g/mol. The maximum atomic E-state index is 13.0. The van der Waals surface area contributed by atoms with Crippen molar-refractivity contribution < 1.29 is 13.9 Å². The van der Waals surface area contributed by atoms with Gasteiger partial charge in [0.25, 0.3) is 5.91 Å². The fraction of sp³-hybridized carbons (Fsp3) is 0.364. The van der Waals surface area contributed by atoms with E-state index in [9.17, 15) is 4.79 Å². The van der Waals surface area contributed by atoms with Crippen LogP contribution < -0.4 is 4.74 Å². The number of methoxy groups -OCH3 is 1. The van der Waals surface area contributed by atoms with Crippen LogP contribution in [0.25, 0.3) is 10.9 Å². The Labute approximate surface area is 158 Å². The second-order valence-corrected chi connectivity index (χ2v) is 7.46. The van der Waals surface area contributed by atoms with Crippen molar-refractivity contribution >= 4 is 16.8 Å². The molecule has 3 aromatic rings. The van der Waals surface area contributed by atoms with Crippen molar-refractivity contribution in [3.05, 3.63) is 59.2 Å². The van der Waals surface area contributed by atoms with Gasteiger partial charge >= 0.3 is 0 Å². The molecular formula is C22H24N2O3. The molecule has 140 valence electrons. The number of ether oxygens (including phenoxy) is 1. The largest absolute Gasteiger partial charge is 0.497 e. The lowest BCUT2D eigenvalue weighted by Crippen LogP contribution is -2.27. The van der Waals surface area contributed by atoms with Gasteiger partial charge < -0.3 is 14.1 Å². The second kappa shape index (κ2) is 6.72. The molecule has 5 heteroatoms. The highest BCUT2D eigenvalue weighted by Gasteiger charge is 2.36. The van der Waals surface area contributed by atoms with E-state index in [1.807, 2.05) is 43.3 Å². The number of nitrogens with zero attached hydrogens (tertiary/aromatic N) is 2. The number of furan rings is 1. The van der Waals surface area contributed by atoms with Crippen LogP contribution in [0.2, 0.25) is 0 Å². The van der Waals surface area contributed by atoms with Gasteiger partial charge in [-0.25, -0.2) is 0 Å². The van der Waals surface area contributed by atoms with Crippen LogP contribution in [0.15, 0.2) is 40.8 Å². The third-order valence-corrected chi connectivity index (χ3v) is 5.34. The summed E-state index contributed by atoms with van der Waals surface area (Å²) in [7, 11) is 3.42. The molecule has 1 aliphatic rings. The minimum absolute atomic E-state index is 0.0598. The topological polar surface area (TPSA) is 55.6 Å². The predicted octanol–water partition coefficient (Wildman–Crippen LogP) is 4.54. The van der Waals surface area contributed by atoms with E-state index in [-0.39, 0.29) is 5.91 Å². The first kappa shape index (κ1) is 17.6. The van der Waals surface area contributed by atoms with E-state index < -0.39 is 0 Å². The summed E-state index contributed by atoms with van der Waals surface area (Å²) in [5.74, 6) is 3.79. The molecule has 0 N–H and O–H groups in total. The van der Waals surface area contributed by atoms with Crippen molar-refractivity contribution in [1.29, 1.82) is 0 Å². The Balaban J connectivity index is 1.54. The van der Waals surface area contributed by atoms with Crippen molar-refractivity contribution in [3.63, 3.8) is 0 Å². The van der Waals surface area contributed by atoms with Crippen molar-refractivity contribution in [1.82, 2.24) is 9.88 Å². The molecule has 5 nitrogen and oxygen atoms in total. The molecule has 2 atom stereocenters. The number of aryl methyl sites for hydroxylation is 1. The number of benzene rings is 1. The van der Waals surface area contributed by atoms with Crippen LogP contribution >= 0.6 is 0 Å². The molecule has 0 radical (unpaired) electrons. The molecular weight excluding hydrogens is 340 g/mol. The quantitative estimate of drug-likeness (QED) is 0.667. The fourth-order valence-electron chi connectivity index (χ4n) is 3.50. The van der Waals surface area contributed by atoms with Crippen LogP contribution in [0.3, 0.4) is 0 Å². The predicted molar refractivity (Wildman–Crippen MR) is 104 cm³/mol. The minimum Gasteiger partial charge on any atom is -0.497 e. The molecule has 27 heavy (non-hydrogen) atoms. The Morgan fingerprint density at radius 3 is 2.78 bits per heavy atom. The Kier molecular flexibility index (Phi) is 4.38. The Morgan fingerprint density at radius 1 is 1.30 bits per heavy atom. The summed E-state index contributed by atoms with van der Waals surface area (Å²) < 4.78 is 11.2. The summed E-state index contributed by atoms with van der Waals surface area (Å²) >= 11 is 0. The number of aromatic nitrogens is 1. The van der Waals surface area contributed by atoms with Crippen molar-refractivity contribution in [2.45, 2.75) is 32.7 Å². The van der Waals surface area contributed by atoms with Gasteiger partial charge in [0.1, 0.15) is 17.3 Å². The number of carbonyl (C=O) groups excluding carboxylic acids is 1. The standard InChI is InChI=1S/C22H24N2O3/c1-13-9-18(13)21-8-7-17(27-21)12-24(3)22(25)19-10-15-5-6-16(26-4)11-20(15)23-14(19)2/h5-8,10-11,13,18H,9,12H2,1-4H3/t13-,18+/m1/s1. The van der Waals surface area contributed by atoms with Crippen molar-refractivity contribution in [2.75, 3.05) is 14.2 Å². The number of carbonyl (C=O) groups is 1. The van der Waals surface area contributed by atoms with E-state index in [2.05, 4.69) is 11.9 Å². The molecule has 1 saturated carbocycles. The smallest absolute Gasteiger partial charge is 0.255 e. The molecule has 2 heterocycles. The lowest BCUT2D eigenvalue weighted by Gasteiger charge is -2.17. The third-order valence-electron chi connectivity index (χ3n) is 5.34. The number of hydrogen-bond donors (Lipinski definition) is 0. The van der Waals surface area contributed by atoms with Gasteiger partial charge in [-0.3, -0.25) is 9.78 Å². The summed E-state index contributed by atoms with van der Waals surface area (Å²) in [6, 6.07) is 11.6. The molecule has 4 rings (SSSR count). The van der Waals surface area contributed by atoms with Crippen molar-refractivity contribution in [3.8, 4) is 5.75 Å². The zero-order valence-corrected chi connectivity index (χ0v) is 16.2. The summed E-state index contributed by atoms with van der Waals surface area (Å²) in [6.07, 6.45) is 1.19. The molecule has 0 spiro atoms. The molecule has 0 saturated heterocycles. The number of pyridine rings is 1. The average molecular weight is 364 g/mol. The van der Waals surface area contributed by atoms with E-state index in [4.69, 9.17) is 9.15 Å². The van der Waals surface area contributed by atoms with Crippen LogP contribution in [0, 0.1) is 12.8 Å². The van der Waals surface area contributed by atoms with E-state index in [0.29, 0.717) is 29.6 Å². The molecule has 1 fully saturated rings. The highest BCUT2D eigenvalue weighted by molar-refractivity contribution is 5.98. The molecule has 1 aliphatic carbocycles. The van der Waals surface area contributed by atoms with Gasteiger partial charge in [-0.15, -0.1) is 0 Å². The van der Waals surface area contributed by atoms with Gasteiger partial charge in [-0.2, -0.15) is 0 Å². The first-order valence-electron chi connectivity index (χ1n) is 9.25. The van der Waals surface area contributed by atoms with Crippen LogP contribution in [-0.2, 0) is 6.54 Å². The lowest BCUT2D eigenvalue weighted by atomic mass is 10.1. The van der Waals surface area contributed by atoms with Gasteiger partial charge in [-0.1, -0.05) is 6.92 Å². The maximum Gasteiger partial charge on any atom is 0.255 e. The van der Waals surface area contributed by atoms with Gasteiger partial charge in [0.2, 0.25) is 0 Å². The third kappa shape index (κ3) is 3.42. The van der Waals surface area contributed by atoms with E-state index >= 15 is 0 Å². The fourth-order valence-corrected chi connectivity index (χ4v) is 3.50. The van der Waals surface area contributed by atoms with Gasteiger partial charge in [0.15, 0.2) is 0 Å². The Bertz CT molecular complexity index is 1010. The Morgan fingerprint density at radius 2 is 2.07 bits per heavy atom. The maximum absolute atomic E-state index is 13.0. The molecule has 0 bridgehead atoms. The second-order valence-electron chi connectivity index (χ2n) is 7.46. The number of amides is 1. The number of rotatable bonds is 5. The normalized spacial score (nSPS) is 18.5. The van der Waals surface area contributed by atoms with Crippen LogP contribution in [0.5, 0.6) is 5.75 Å². The minimum atomic E-state index is -0.0598. The first-order chi connectivity index (χ1) is 13.0. The SMILES string of the molecule is COc1ccc2cc(C(=O)N(C)Cc3ccc([C@H]4C[C@H]4C)o3)c(C)nc2c1. The lowest BCUT2D eigenvalue weighted by molar-refractivity contribution is 0.0774. The van der Waals surface area contributed by atoms with Crippen LogP contribution in [-0.4, -0.2) is 29.9 Å². The van der Waals surface area contributed by atoms with E-state index in [1.165, 1.54) is 6.42 Å². The van der Waals surface area contributed by atoms with E-state index in [0.717, 1.165) is 28.2 Å². The number of hydrogen-bond acceptors (Lipinski definition) is 4. The summed E-state index contributed by atoms with van der Waals surface area (Å²) in [5, 5.41) is 0.918. The van der Waals surface area contributed by atoms with Crippen LogP contribution in [0.1, 0.15) is 46.8 Å². The molecule has 2 aromatic heterocycles. The molecule has 1 amide bonds. The zero-order valence-electron chi connectivity index (χ0n) is 16.2. The highest BCUT2D eigenvalue weighted by atomic mass is 16.5. The molecule has 1 aromatic carbocycles. The van der Waals surface area contributed by atoms with Crippen molar-refractivity contribution in [2.24, 2.45) is 5.92 Å². The molecule has 0 aliphatic heterocycles. The number of fused-ring (bicyclic) bond motifs is 1. The summed E-state index contributed by atoms with van der Waals surface area (Å²) in [4.78, 5) is 19.2. The average Bonchev–Trinajstić information content (AvgIpc) is 3.21. The van der Waals surface area contributed by atoms with Gasteiger partial charge in [0, 0.05) is 24.4 Å². The first-order valence-corrected chi connectivity index (χ1v) is 9.25. The zero-order chi connectivity index (χ0) is 19.1. The van der Waals surface area contributed by atoms with E-state index in [1.54, 1.807) is 19.1 Å². The Hall–Kier alpha value is -2.82. The highest BCUT2D eigenvalue weighted by Crippen LogP contribution is 2.47. The molecule has 0 unspecified atom stereocenters. The summed E-state index contributed by atoms with van der Waals surface area (Å²) in [6.45, 7) is 4.53. The van der Waals surface area contributed by atoms with Gasteiger partial charge in [0.05, 0.1) is 30.4 Å².